The first-order valence-corrected chi connectivity index (χ1v) is 4.82. The molecule has 1 heterocycles. The molecule has 3 nitrogen and oxygen atoms in total. The first-order chi connectivity index (χ1) is 7.18. The van der Waals surface area contributed by atoms with Crippen molar-refractivity contribution in [2.24, 2.45) is 0 Å². The van der Waals surface area contributed by atoms with E-state index >= 15 is 0 Å². The lowest BCUT2D eigenvalue weighted by atomic mass is 10.1. The fraction of sp³-hybridized carbons (Fsp3) is 0.167. The monoisotopic (exact) mass is 199 g/mol. The predicted octanol–water partition coefficient (Wildman–Crippen LogP) is 2.34. The second kappa shape index (κ2) is 3.69. The lowest BCUT2D eigenvalue weighted by Gasteiger charge is -2.06. The first kappa shape index (κ1) is 9.65. The van der Waals surface area contributed by atoms with Crippen LogP contribution in [0.25, 0.3) is 11.3 Å². The molecule has 0 fully saturated rings. The topological polar surface area (TPSA) is 51.8 Å². The van der Waals surface area contributed by atoms with Crippen molar-refractivity contribution in [1.82, 2.24) is 9.97 Å². The molecule has 2 N–H and O–H groups in total. The third-order valence-electron chi connectivity index (χ3n) is 2.45. The van der Waals surface area contributed by atoms with Crippen molar-refractivity contribution in [3.63, 3.8) is 0 Å². The molecule has 0 bridgehead atoms. The van der Waals surface area contributed by atoms with E-state index in [-0.39, 0.29) is 0 Å². The molecule has 2 aromatic rings. The van der Waals surface area contributed by atoms with Crippen molar-refractivity contribution in [3.8, 4) is 11.3 Å². The van der Waals surface area contributed by atoms with Crippen molar-refractivity contribution in [2.45, 2.75) is 13.8 Å². The minimum absolute atomic E-state index is 0.542. The molecule has 0 saturated heterocycles. The van der Waals surface area contributed by atoms with Crippen molar-refractivity contribution in [3.05, 3.63) is 41.7 Å². The van der Waals surface area contributed by atoms with E-state index in [0.29, 0.717) is 5.82 Å². The van der Waals surface area contributed by atoms with Gasteiger partial charge >= 0.3 is 0 Å². The van der Waals surface area contributed by atoms with Crippen LogP contribution in [0.4, 0.5) is 5.82 Å². The van der Waals surface area contributed by atoms with Gasteiger partial charge in [0.25, 0.3) is 0 Å². The van der Waals surface area contributed by atoms with Crippen molar-refractivity contribution in [1.29, 1.82) is 0 Å². The summed E-state index contributed by atoms with van der Waals surface area (Å²) in [5, 5.41) is 0. The van der Waals surface area contributed by atoms with Crippen LogP contribution < -0.4 is 5.73 Å². The lowest BCUT2D eigenvalue weighted by molar-refractivity contribution is 1.14. The van der Waals surface area contributed by atoms with Crippen LogP contribution in [-0.4, -0.2) is 9.97 Å². The molecule has 1 aromatic carbocycles. The summed E-state index contributed by atoms with van der Waals surface area (Å²) in [5.41, 5.74) is 9.88. The number of hydrogen-bond acceptors (Lipinski definition) is 3. The summed E-state index contributed by atoms with van der Waals surface area (Å²) >= 11 is 0. The van der Waals surface area contributed by atoms with E-state index in [0.717, 1.165) is 16.8 Å². The highest BCUT2D eigenvalue weighted by Gasteiger charge is 2.05. The number of nitrogen functional groups attached to an aromatic ring is 1. The summed E-state index contributed by atoms with van der Waals surface area (Å²) < 4.78 is 0. The van der Waals surface area contributed by atoms with Crippen LogP contribution in [0, 0.1) is 13.8 Å². The molecule has 0 aliphatic rings. The van der Waals surface area contributed by atoms with Gasteiger partial charge in [-0.05, 0) is 13.8 Å². The van der Waals surface area contributed by atoms with E-state index < -0.39 is 0 Å². The molecule has 0 atom stereocenters. The van der Waals surface area contributed by atoms with E-state index in [2.05, 4.69) is 29.0 Å². The zero-order chi connectivity index (χ0) is 10.8. The van der Waals surface area contributed by atoms with Gasteiger partial charge < -0.3 is 5.73 Å². The van der Waals surface area contributed by atoms with Crippen LogP contribution in [0.1, 0.15) is 11.1 Å². The SMILES string of the molecule is Cc1ccc(-c2ncnc(N)c2C)cc1. The molecule has 76 valence electrons. The van der Waals surface area contributed by atoms with Gasteiger partial charge in [0, 0.05) is 11.1 Å². The molecular weight excluding hydrogens is 186 g/mol. The van der Waals surface area contributed by atoms with Crippen molar-refractivity contribution < 1.29 is 0 Å². The number of aryl methyl sites for hydroxylation is 1. The molecule has 0 saturated carbocycles. The van der Waals surface area contributed by atoms with E-state index in [9.17, 15) is 0 Å². The average molecular weight is 199 g/mol. The van der Waals surface area contributed by atoms with Gasteiger partial charge in [0.1, 0.15) is 12.1 Å². The van der Waals surface area contributed by atoms with Gasteiger partial charge in [-0.3, -0.25) is 0 Å². The molecule has 1 aromatic heterocycles. The van der Waals surface area contributed by atoms with Crippen LogP contribution in [0.3, 0.4) is 0 Å². The molecule has 0 radical (unpaired) electrons. The van der Waals surface area contributed by atoms with Gasteiger partial charge in [-0.1, -0.05) is 29.8 Å². The molecular formula is C12H13N3. The van der Waals surface area contributed by atoms with Crippen LogP contribution in [0.15, 0.2) is 30.6 Å². The van der Waals surface area contributed by atoms with Gasteiger partial charge in [0.15, 0.2) is 0 Å². The Hall–Kier alpha value is -1.90. The summed E-state index contributed by atoms with van der Waals surface area (Å²) in [7, 11) is 0. The third-order valence-corrected chi connectivity index (χ3v) is 2.45. The number of anilines is 1. The first-order valence-electron chi connectivity index (χ1n) is 4.82. The van der Waals surface area contributed by atoms with Crippen molar-refractivity contribution >= 4 is 5.82 Å². The Balaban J connectivity index is 2.54. The highest BCUT2D eigenvalue weighted by molar-refractivity contribution is 5.66. The molecule has 2 rings (SSSR count). The Morgan fingerprint density at radius 2 is 1.67 bits per heavy atom. The Bertz CT molecular complexity index is 475. The Kier molecular flexibility index (Phi) is 2.37. The van der Waals surface area contributed by atoms with Gasteiger partial charge in [0.2, 0.25) is 0 Å². The molecule has 15 heavy (non-hydrogen) atoms. The van der Waals surface area contributed by atoms with Gasteiger partial charge in [-0.15, -0.1) is 0 Å². The standard InChI is InChI=1S/C12H13N3/c1-8-3-5-10(6-4-8)11-9(2)12(13)15-7-14-11/h3-7H,1-2H3,(H2,13,14,15). The van der Waals surface area contributed by atoms with Gasteiger partial charge in [0.05, 0.1) is 5.69 Å². The van der Waals surface area contributed by atoms with E-state index in [1.807, 2.05) is 19.1 Å². The van der Waals surface area contributed by atoms with Crippen LogP contribution in [-0.2, 0) is 0 Å². The zero-order valence-corrected chi connectivity index (χ0v) is 8.86. The Morgan fingerprint density at radius 3 is 2.33 bits per heavy atom. The van der Waals surface area contributed by atoms with Crippen LogP contribution in [0.5, 0.6) is 0 Å². The van der Waals surface area contributed by atoms with Gasteiger partial charge in [-0.25, -0.2) is 9.97 Å². The van der Waals surface area contributed by atoms with Gasteiger partial charge in [-0.2, -0.15) is 0 Å². The maximum Gasteiger partial charge on any atom is 0.130 e. The molecule has 3 heteroatoms. The fourth-order valence-corrected chi connectivity index (χ4v) is 1.47. The molecule has 0 spiro atoms. The van der Waals surface area contributed by atoms with E-state index in [1.54, 1.807) is 0 Å². The minimum Gasteiger partial charge on any atom is -0.383 e. The highest BCUT2D eigenvalue weighted by atomic mass is 14.9. The smallest absolute Gasteiger partial charge is 0.130 e. The quantitative estimate of drug-likeness (QED) is 0.767. The predicted molar refractivity (Wildman–Crippen MR) is 61.4 cm³/mol. The Labute approximate surface area is 89.0 Å². The van der Waals surface area contributed by atoms with Crippen molar-refractivity contribution in [2.75, 3.05) is 5.73 Å². The molecule has 0 amide bonds. The maximum absolute atomic E-state index is 5.74. The second-order valence-corrected chi connectivity index (χ2v) is 3.60. The highest BCUT2D eigenvalue weighted by Crippen LogP contribution is 2.23. The lowest BCUT2D eigenvalue weighted by Crippen LogP contribution is -1.98. The Morgan fingerprint density at radius 1 is 1.00 bits per heavy atom. The summed E-state index contributed by atoms with van der Waals surface area (Å²) in [6, 6.07) is 8.22. The minimum atomic E-state index is 0.542. The zero-order valence-electron chi connectivity index (χ0n) is 8.86. The number of rotatable bonds is 1. The number of nitrogens with two attached hydrogens (primary N) is 1. The molecule has 0 aliphatic heterocycles. The summed E-state index contributed by atoms with van der Waals surface area (Å²) in [4.78, 5) is 8.20. The second-order valence-electron chi connectivity index (χ2n) is 3.60. The number of aromatic nitrogens is 2. The molecule has 0 unspecified atom stereocenters. The summed E-state index contributed by atoms with van der Waals surface area (Å²) in [6.07, 6.45) is 1.50. The maximum atomic E-state index is 5.74. The summed E-state index contributed by atoms with van der Waals surface area (Å²) in [5.74, 6) is 0.542. The normalized spacial score (nSPS) is 10.3. The third kappa shape index (κ3) is 1.81. The van der Waals surface area contributed by atoms with Crippen LogP contribution in [0.2, 0.25) is 0 Å². The largest absolute Gasteiger partial charge is 0.383 e. The number of benzene rings is 1. The average Bonchev–Trinajstić information content (AvgIpc) is 2.24. The molecule has 0 aliphatic carbocycles. The number of hydrogen-bond donors (Lipinski definition) is 1. The summed E-state index contributed by atoms with van der Waals surface area (Å²) in [6.45, 7) is 4.00. The van der Waals surface area contributed by atoms with E-state index in [4.69, 9.17) is 5.73 Å². The van der Waals surface area contributed by atoms with Crippen LogP contribution >= 0.6 is 0 Å². The van der Waals surface area contributed by atoms with E-state index in [1.165, 1.54) is 11.9 Å². The number of nitrogens with zero attached hydrogens (tertiary/aromatic N) is 2. The fourth-order valence-electron chi connectivity index (χ4n) is 1.47.